The van der Waals surface area contributed by atoms with Crippen LogP contribution in [0.1, 0.15) is 40.0 Å². The number of carbonyl (C=O) groups is 1. The van der Waals surface area contributed by atoms with Crippen LogP contribution in [-0.4, -0.2) is 42.5 Å². The van der Waals surface area contributed by atoms with Crippen molar-refractivity contribution in [2.45, 2.75) is 45.6 Å². The van der Waals surface area contributed by atoms with Crippen molar-refractivity contribution in [3.8, 4) is 0 Å². The maximum atomic E-state index is 11.5. The van der Waals surface area contributed by atoms with E-state index in [0.29, 0.717) is 6.42 Å². The average Bonchev–Trinajstić information content (AvgIpc) is 2.12. The number of nitrogens with one attached hydrogen (secondary N) is 1. The van der Waals surface area contributed by atoms with Crippen molar-refractivity contribution in [1.29, 1.82) is 0 Å². The normalized spacial score (nSPS) is 15.6. The number of aliphatic carboxylic acids is 1. The first kappa shape index (κ1) is 17.3. The lowest BCUT2D eigenvalue weighted by Crippen LogP contribution is -2.42. The second kappa shape index (κ2) is 7.06. The molecule has 0 aliphatic carbocycles. The van der Waals surface area contributed by atoms with Gasteiger partial charge in [0.05, 0.1) is 11.4 Å². The van der Waals surface area contributed by atoms with E-state index in [-0.39, 0.29) is 31.1 Å². The predicted molar refractivity (Wildman–Crippen MR) is 68.7 cm³/mol. The Balaban J connectivity index is 4.14. The molecule has 0 aromatic heterocycles. The maximum absolute atomic E-state index is 11.5. The van der Waals surface area contributed by atoms with Gasteiger partial charge in [0.25, 0.3) is 0 Å². The van der Waals surface area contributed by atoms with Gasteiger partial charge in [-0.05, 0) is 25.7 Å². The summed E-state index contributed by atoms with van der Waals surface area (Å²) in [7, 11) is -3.52. The monoisotopic (exact) mass is 281 g/mol. The maximum Gasteiger partial charge on any atom is 0.303 e. The molecule has 0 heterocycles. The van der Waals surface area contributed by atoms with Crippen LogP contribution < -0.4 is 4.72 Å². The molecule has 1 unspecified atom stereocenters. The summed E-state index contributed by atoms with van der Waals surface area (Å²) >= 11 is 0. The van der Waals surface area contributed by atoms with E-state index in [0.717, 1.165) is 0 Å². The summed E-state index contributed by atoms with van der Waals surface area (Å²) in [6, 6.07) is 0. The van der Waals surface area contributed by atoms with E-state index in [4.69, 9.17) is 5.11 Å². The van der Waals surface area contributed by atoms with Crippen LogP contribution in [0.4, 0.5) is 0 Å². The van der Waals surface area contributed by atoms with Crippen LogP contribution in [0.25, 0.3) is 0 Å². The molecule has 7 heteroatoms. The third-order valence-corrected chi connectivity index (χ3v) is 3.73. The molecule has 3 N–H and O–H groups in total. The van der Waals surface area contributed by atoms with Gasteiger partial charge in [0.2, 0.25) is 10.0 Å². The number of sulfonamides is 1. The predicted octanol–water partition coefficient (Wildman–Crippen LogP) is 0.568. The molecule has 0 saturated carbocycles. The van der Waals surface area contributed by atoms with Gasteiger partial charge in [-0.1, -0.05) is 13.8 Å². The molecule has 0 saturated heterocycles. The molecule has 0 rings (SSSR count). The molecule has 0 bridgehead atoms. The minimum atomic E-state index is -3.52. The van der Waals surface area contributed by atoms with Crippen LogP contribution in [0.2, 0.25) is 0 Å². The van der Waals surface area contributed by atoms with Gasteiger partial charge in [-0.3, -0.25) is 4.79 Å². The van der Waals surface area contributed by atoms with Gasteiger partial charge in [-0.25, -0.2) is 13.1 Å². The first-order valence-electron chi connectivity index (χ1n) is 5.95. The number of rotatable bonds is 9. The number of hydrogen-bond donors (Lipinski definition) is 3. The van der Waals surface area contributed by atoms with Gasteiger partial charge in [-0.2, -0.15) is 0 Å². The zero-order valence-electron chi connectivity index (χ0n) is 11.1. The number of carboxylic acids is 1. The molecule has 1 atom stereocenters. The molecule has 108 valence electrons. The molecule has 0 radical (unpaired) electrons. The van der Waals surface area contributed by atoms with Crippen molar-refractivity contribution in [3.05, 3.63) is 0 Å². The van der Waals surface area contributed by atoms with Gasteiger partial charge in [0, 0.05) is 13.0 Å². The SMILES string of the molecule is CC(C)CC(C)(O)CNS(=O)(=O)CCCC(=O)O. The highest BCUT2D eigenvalue weighted by molar-refractivity contribution is 7.89. The van der Waals surface area contributed by atoms with Gasteiger partial charge >= 0.3 is 5.97 Å². The number of hydrogen-bond acceptors (Lipinski definition) is 4. The van der Waals surface area contributed by atoms with Gasteiger partial charge in [0.1, 0.15) is 0 Å². The number of aliphatic hydroxyl groups is 1. The zero-order chi connectivity index (χ0) is 14.4. The van der Waals surface area contributed by atoms with Crippen molar-refractivity contribution in [3.63, 3.8) is 0 Å². The lowest BCUT2D eigenvalue weighted by atomic mass is 9.95. The van der Waals surface area contributed by atoms with Crippen molar-refractivity contribution >= 4 is 16.0 Å². The molecule has 0 amide bonds. The van der Waals surface area contributed by atoms with E-state index in [2.05, 4.69) is 4.72 Å². The fourth-order valence-corrected chi connectivity index (χ4v) is 2.90. The van der Waals surface area contributed by atoms with Gasteiger partial charge in [0.15, 0.2) is 0 Å². The minimum Gasteiger partial charge on any atom is -0.481 e. The third-order valence-electron chi connectivity index (χ3n) is 2.32. The summed E-state index contributed by atoms with van der Waals surface area (Å²) in [5, 5.41) is 18.4. The Morgan fingerprint density at radius 2 is 1.94 bits per heavy atom. The Bertz CT molecular complexity index is 362. The molecule has 0 aromatic carbocycles. The fraction of sp³-hybridized carbons (Fsp3) is 0.909. The van der Waals surface area contributed by atoms with Crippen LogP contribution in [0, 0.1) is 5.92 Å². The van der Waals surface area contributed by atoms with E-state index < -0.39 is 21.6 Å². The van der Waals surface area contributed by atoms with Crippen LogP contribution >= 0.6 is 0 Å². The van der Waals surface area contributed by atoms with E-state index in [1.807, 2.05) is 13.8 Å². The van der Waals surface area contributed by atoms with E-state index in [1.165, 1.54) is 0 Å². The quantitative estimate of drug-likeness (QED) is 0.573. The van der Waals surface area contributed by atoms with Crippen LogP contribution in [0.15, 0.2) is 0 Å². The largest absolute Gasteiger partial charge is 0.481 e. The fourth-order valence-electron chi connectivity index (χ4n) is 1.70. The molecule has 0 aromatic rings. The molecular formula is C11H23NO5S. The molecule has 6 nitrogen and oxygen atoms in total. The Morgan fingerprint density at radius 3 is 2.39 bits per heavy atom. The smallest absolute Gasteiger partial charge is 0.303 e. The molecule has 0 aliphatic heterocycles. The summed E-state index contributed by atoms with van der Waals surface area (Å²) in [4.78, 5) is 10.3. The summed E-state index contributed by atoms with van der Waals surface area (Å²) in [5.41, 5.74) is -1.09. The standard InChI is InChI=1S/C11H23NO5S/c1-9(2)7-11(3,15)8-12-18(16,17)6-4-5-10(13)14/h9,12,15H,4-8H2,1-3H3,(H,13,14). The summed E-state index contributed by atoms with van der Waals surface area (Å²) in [6.45, 7) is 5.40. The lowest BCUT2D eigenvalue weighted by Gasteiger charge is -2.25. The van der Waals surface area contributed by atoms with E-state index >= 15 is 0 Å². The second-order valence-corrected chi connectivity index (χ2v) is 7.16. The molecule has 0 spiro atoms. The third kappa shape index (κ3) is 9.38. The Labute approximate surface area is 108 Å². The van der Waals surface area contributed by atoms with Crippen molar-refractivity contribution in [1.82, 2.24) is 4.72 Å². The van der Waals surface area contributed by atoms with Crippen molar-refractivity contribution in [2.75, 3.05) is 12.3 Å². The Kier molecular flexibility index (Phi) is 6.80. The van der Waals surface area contributed by atoms with Gasteiger partial charge < -0.3 is 10.2 Å². The number of carboxylic acid groups (broad SMARTS) is 1. The first-order valence-corrected chi connectivity index (χ1v) is 7.61. The van der Waals surface area contributed by atoms with Crippen LogP contribution in [-0.2, 0) is 14.8 Å². The lowest BCUT2D eigenvalue weighted by molar-refractivity contribution is -0.137. The second-order valence-electron chi connectivity index (χ2n) is 5.23. The molecule has 0 fully saturated rings. The Morgan fingerprint density at radius 1 is 1.39 bits per heavy atom. The molecular weight excluding hydrogens is 258 g/mol. The van der Waals surface area contributed by atoms with Crippen molar-refractivity contribution < 1.29 is 23.4 Å². The van der Waals surface area contributed by atoms with Gasteiger partial charge in [-0.15, -0.1) is 0 Å². The topological polar surface area (TPSA) is 104 Å². The summed E-state index contributed by atoms with van der Waals surface area (Å²) < 4.78 is 25.4. The van der Waals surface area contributed by atoms with E-state index in [1.54, 1.807) is 6.92 Å². The van der Waals surface area contributed by atoms with Crippen molar-refractivity contribution in [2.24, 2.45) is 5.92 Å². The average molecular weight is 281 g/mol. The molecule has 18 heavy (non-hydrogen) atoms. The molecule has 0 aliphatic rings. The summed E-state index contributed by atoms with van der Waals surface area (Å²) in [5.74, 6) is -0.995. The first-order chi connectivity index (χ1) is 8.04. The van der Waals surface area contributed by atoms with Crippen LogP contribution in [0.5, 0.6) is 0 Å². The summed E-state index contributed by atoms with van der Waals surface area (Å²) in [6.07, 6.45) is 0.380. The minimum absolute atomic E-state index is 0.0550. The highest BCUT2D eigenvalue weighted by Crippen LogP contribution is 2.15. The highest BCUT2D eigenvalue weighted by atomic mass is 32.2. The van der Waals surface area contributed by atoms with E-state index in [9.17, 15) is 18.3 Å². The highest BCUT2D eigenvalue weighted by Gasteiger charge is 2.24. The van der Waals surface area contributed by atoms with Crippen LogP contribution in [0.3, 0.4) is 0 Å². The zero-order valence-corrected chi connectivity index (χ0v) is 12.0. The Hall–Kier alpha value is -0.660.